The van der Waals surface area contributed by atoms with Crippen LogP contribution in [-0.4, -0.2) is 4.92 Å². The van der Waals surface area contributed by atoms with E-state index < -0.39 is 0 Å². The molecule has 3 nitrogen and oxygen atoms in total. The molecule has 0 N–H and O–H groups in total. The Bertz CT molecular complexity index is 768. The Hall–Kier alpha value is -2.24. The number of rotatable bonds is 6. The Morgan fingerprint density at radius 1 is 0.750 bits per heavy atom. The van der Waals surface area contributed by atoms with E-state index in [1.807, 2.05) is 42.5 Å². The van der Waals surface area contributed by atoms with Crippen molar-refractivity contribution in [3.63, 3.8) is 0 Å². The molecular formula is C19H15NO2S2. The highest BCUT2D eigenvalue weighted by molar-refractivity contribution is 8.16. The average Bonchev–Trinajstić information content (AvgIpc) is 2.63. The summed E-state index contributed by atoms with van der Waals surface area (Å²) in [6.07, 6.45) is 0. The van der Waals surface area contributed by atoms with Crippen molar-refractivity contribution in [1.29, 1.82) is 0 Å². The van der Waals surface area contributed by atoms with Gasteiger partial charge in [-0.2, -0.15) is 0 Å². The lowest BCUT2D eigenvalue weighted by molar-refractivity contribution is -0.384. The van der Waals surface area contributed by atoms with Gasteiger partial charge in [-0.3, -0.25) is 10.1 Å². The van der Waals surface area contributed by atoms with Crippen molar-refractivity contribution >= 4 is 29.2 Å². The minimum Gasteiger partial charge on any atom is -0.258 e. The monoisotopic (exact) mass is 353 g/mol. The van der Waals surface area contributed by atoms with Gasteiger partial charge in [0.1, 0.15) is 0 Å². The third kappa shape index (κ3) is 4.40. The van der Waals surface area contributed by atoms with E-state index in [2.05, 4.69) is 24.3 Å². The van der Waals surface area contributed by atoms with Gasteiger partial charge in [-0.05, 0) is 29.8 Å². The summed E-state index contributed by atoms with van der Waals surface area (Å²) in [5.74, 6) is 0. The minimum absolute atomic E-state index is 0.0368. The summed E-state index contributed by atoms with van der Waals surface area (Å²) in [6.45, 7) is 0. The zero-order valence-corrected chi connectivity index (χ0v) is 14.4. The van der Waals surface area contributed by atoms with Crippen LogP contribution in [0.15, 0.2) is 94.7 Å². The van der Waals surface area contributed by atoms with Crippen LogP contribution in [0.2, 0.25) is 0 Å². The van der Waals surface area contributed by atoms with Crippen LogP contribution in [0.3, 0.4) is 0 Å². The predicted molar refractivity (Wildman–Crippen MR) is 100 cm³/mol. The molecule has 0 unspecified atom stereocenters. The molecule has 24 heavy (non-hydrogen) atoms. The van der Waals surface area contributed by atoms with Crippen LogP contribution in [-0.2, 0) is 0 Å². The molecule has 3 aromatic carbocycles. The first-order valence-corrected chi connectivity index (χ1v) is 9.16. The largest absolute Gasteiger partial charge is 0.269 e. The highest BCUT2D eigenvalue weighted by Gasteiger charge is 2.17. The lowest BCUT2D eigenvalue weighted by atomic mass is 10.2. The predicted octanol–water partition coefficient (Wildman–Crippen LogP) is 6.18. The zero-order valence-electron chi connectivity index (χ0n) is 12.7. The molecule has 3 rings (SSSR count). The minimum atomic E-state index is -0.346. The van der Waals surface area contributed by atoms with Crippen LogP contribution < -0.4 is 0 Å². The second kappa shape index (κ2) is 8.04. The summed E-state index contributed by atoms with van der Waals surface area (Å²) in [7, 11) is 0. The number of non-ortho nitro benzene ring substituents is 1. The second-order valence-electron chi connectivity index (χ2n) is 5.05. The summed E-state index contributed by atoms with van der Waals surface area (Å²) in [6, 6.07) is 27.1. The van der Waals surface area contributed by atoms with Crippen LogP contribution in [0.4, 0.5) is 5.69 Å². The number of nitro groups is 1. The van der Waals surface area contributed by atoms with Gasteiger partial charge in [0.25, 0.3) is 5.69 Å². The molecule has 120 valence electrons. The molecule has 0 aliphatic heterocycles. The van der Waals surface area contributed by atoms with Crippen LogP contribution in [0.25, 0.3) is 0 Å². The van der Waals surface area contributed by atoms with Crippen LogP contribution in [0, 0.1) is 10.1 Å². The van der Waals surface area contributed by atoms with E-state index in [0.29, 0.717) is 0 Å². The molecule has 0 bridgehead atoms. The van der Waals surface area contributed by atoms with Crippen molar-refractivity contribution in [2.45, 2.75) is 14.4 Å². The Balaban J connectivity index is 1.92. The van der Waals surface area contributed by atoms with Gasteiger partial charge in [-0.25, -0.2) is 0 Å². The summed E-state index contributed by atoms with van der Waals surface area (Å²) < 4.78 is 0.0368. The Kier molecular flexibility index (Phi) is 5.56. The Labute approximate surface area is 149 Å². The lowest BCUT2D eigenvalue weighted by Crippen LogP contribution is -1.93. The molecule has 0 atom stereocenters. The molecule has 0 spiro atoms. The first kappa shape index (κ1) is 16.6. The number of hydrogen-bond acceptors (Lipinski definition) is 4. The zero-order chi connectivity index (χ0) is 16.8. The maximum Gasteiger partial charge on any atom is 0.269 e. The molecule has 0 radical (unpaired) electrons. The number of benzene rings is 3. The van der Waals surface area contributed by atoms with E-state index in [1.165, 1.54) is 6.07 Å². The third-order valence-corrected chi connectivity index (χ3v) is 5.96. The smallest absolute Gasteiger partial charge is 0.258 e. The fraction of sp³-hybridized carbons (Fsp3) is 0.0526. The lowest BCUT2D eigenvalue weighted by Gasteiger charge is -2.17. The van der Waals surface area contributed by atoms with Gasteiger partial charge in [0.2, 0.25) is 0 Å². The summed E-state index contributed by atoms with van der Waals surface area (Å²) in [5, 5.41) is 11.1. The van der Waals surface area contributed by atoms with E-state index >= 15 is 0 Å². The molecule has 0 aliphatic carbocycles. The summed E-state index contributed by atoms with van der Waals surface area (Å²) in [4.78, 5) is 13.0. The maximum absolute atomic E-state index is 11.1. The molecule has 0 saturated carbocycles. The van der Waals surface area contributed by atoms with Gasteiger partial charge in [-0.15, -0.1) is 23.5 Å². The van der Waals surface area contributed by atoms with Crippen LogP contribution in [0.1, 0.15) is 10.1 Å². The van der Waals surface area contributed by atoms with Gasteiger partial charge in [-0.1, -0.05) is 48.5 Å². The Morgan fingerprint density at radius 2 is 1.29 bits per heavy atom. The standard InChI is InChI=1S/C19H15NO2S2/c21-20(22)16-9-7-8-15(14-16)19(23-17-10-3-1-4-11-17)24-18-12-5-2-6-13-18/h1-14,19H. The van der Waals surface area contributed by atoms with E-state index in [1.54, 1.807) is 35.7 Å². The molecule has 5 heteroatoms. The molecule has 0 amide bonds. The SMILES string of the molecule is O=[N+]([O-])c1cccc(C(Sc2ccccc2)Sc2ccccc2)c1. The average molecular weight is 353 g/mol. The quantitative estimate of drug-likeness (QED) is 0.230. The van der Waals surface area contributed by atoms with Gasteiger partial charge < -0.3 is 0 Å². The van der Waals surface area contributed by atoms with Crippen molar-refractivity contribution in [3.05, 3.63) is 101 Å². The topological polar surface area (TPSA) is 43.1 Å². The first-order chi connectivity index (χ1) is 11.7. The van der Waals surface area contributed by atoms with Crippen molar-refractivity contribution in [3.8, 4) is 0 Å². The number of thioether (sulfide) groups is 2. The van der Waals surface area contributed by atoms with E-state index in [-0.39, 0.29) is 15.2 Å². The summed E-state index contributed by atoms with van der Waals surface area (Å²) in [5.41, 5.74) is 1.06. The van der Waals surface area contributed by atoms with Crippen molar-refractivity contribution in [2.75, 3.05) is 0 Å². The molecular weight excluding hydrogens is 338 g/mol. The highest BCUT2D eigenvalue weighted by Crippen LogP contribution is 2.47. The molecule has 0 fully saturated rings. The van der Waals surface area contributed by atoms with Crippen molar-refractivity contribution in [2.24, 2.45) is 0 Å². The second-order valence-corrected chi connectivity index (χ2v) is 7.70. The van der Waals surface area contributed by atoms with Crippen molar-refractivity contribution < 1.29 is 4.92 Å². The number of nitro benzene ring substituents is 1. The van der Waals surface area contributed by atoms with E-state index in [9.17, 15) is 10.1 Å². The maximum atomic E-state index is 11.1. The van der Waals surface area contributed by atoms with E-state index in [4.69, 9.17) is 0 Å². The van der Waals surface area contributed by atoms with Crippen LogP contribution in [0.5, 0.6) is 0 Å². The number of nitrogens with zero attached hydrogens (tertiary/aromatic N) is 1. The Morgan fingerprint density at radius 3 is 1.79 bits per heavy atom. The fourth-order valence-corrected chi connectivity index (χ4v) is 4.74. The third-order valence-electron chi connectivity index (χ3n) is 3.33. The molecule has 0 heterocycles. The van der Waals surface area contributed by atoms with Gasteiger partial charge in [0, 0.05) is 21.9 Å². The normalized spacial score (nSPS) is 10.7. The highest BCUT2D eigenvalue weighted by atomic mass is 32.2. The van der Waals surface area contributed by atoms with Crippen LogP contribution >= 0.6 is 23.5 Å². The van der Waals surface area contributed by atoms with Gasteiger partial charge in [0.05, 0.1) is 9.51 Å². The van der Waals surface area contributed by atoms with Crippen molar-refractivity contribution in [1.82, 2.24) is 0 Å². The first-order valence-electron chi connectivity index (χ1n) is 7.40. The summed E-state index contributed by atoms with van der Waals surface area (Å²) >= 11 is 3.39. The fourth-order valence-electron chi connectivity index (χ4n) is 2.19. The van der Waals surface area contributed by atoms with Gasteiger partial charge >= 0.3 is 0 Å². The van der Waals surface area contributed by atoms with E-state index in [0.717, 1.165) is 15.4 Å². The van der Waals surface area contributed by atoms with Gasteiger partial charge in [0.15, 0.2) is 0 Å². The number of hydrogen-bond donors (Lipinski definition) is 0. The molecule has 0 aliphatic rings. The molecule has 0 aromatic heterocycles. The molecule has 0 saturated heterocycles. The molecule has 3 aromatic rings.